The van der Waals surface area contributed by atoms with Gasteiger partial charge in [-0.1, -0.05) is 30.6 Å². The second-order valence-electron chi connectivity index (χ2n) is 5.69. The van der Waals surface area contributed by atoms with Gasteiger partial charge < -0.3 is 20.7 Å². The van der Waals surface area contributed by atoms with Gasteiger partial charge in [-0.2, -0.15) is 0 Å². The first-order valence-electron chi connectivity index (χ1n) is 7.83. The molecule has 0 spiro atoms. The SMILES string of the molecule is C=CCC#C[C@](C=O)(CN1CC(/C=C\C(=C)OC)=C(C)C1=O)NC(N)=O. The zero-order valence-corrected chi connectivity index (χ0v) is 15.0. The van der Waals surface area contributed by atoms with Gasteiger partial charge in [-0.25, -0.2) is 4.79 Å². The number of nitrogens with one attached hydrogen (secondary N) is 1. The summed E-state index contributed by atoms with van der Waals surface area (Å²) in [7, 11) is 1.50. The van der Waals surface area contributed by atoms with Crippen molar-refractivity contribution in [1.29, 1.82) is 0 Å². The van der Waals surface area contributed by atoms with Crippen LogP contribution in [0.5, 0.6) is 0 Å². The van der Waals surface area contributed by atoms with Crippen molar-refractivity contribution in [3.05, 3.63) is 48.3 Å². The van der Waals surface area contributed by atoms with Crippen molar-refractivity contribution in [2.45, 2.75) is 18.9 Å². The van der Waals surface area contributed by atoms with Crippen molar-refractivity contribution in [2.24, 2.45) is 5.73 Å². The molecule has 26 heavy (non-hydrogen) atoms. The number of aldehydes is 1. The molecule has 138 valence electrons. The molecule has 3 N–H and O–H groups in total. The molecule has 1 aliphatic rings. The molecule has 1 rings (SSSR count). The van der Waals surface area contributed by atoms with Crippen LogP contribution in [0.4, 0.5) is 4.79 Å². The predicted octanol–water partition coefficient (Wildman–Crippen LogP) is 1.05. The summed E-state index contributed by atoms with van der Waals surface area (Å²) in [6.07, 6.45) is 5.75. The van der Waals surface area contributed by atoms with Gasteiger partial charge >= 0.3 is 6.03 Å². The van der Waals surface area contributed by atoms with Crippen molar-refractivity contribution < 1.29 is 19.1 Å². The maximum absolute atomic E-state index is 12.5. The van der Waals surface area contributed by atoms with Crippen LogP contribution >= 0.6 is 0 Å². The maximum Gasteiger partial charge on any atom is 0.313 e. The molecule has 0 unspecified atom stereocenters. The van der Waals surface area contributed by atoms with E-state index in [-0.39, 0.29) is 19.0 Å². The van der Waals surface area contributed by atoms with E-state index in [1.807, 2.05) is 0 Å². The van der Waals surface area contributed by atoms with Crippen LogP contribution in [0.3, 0.4) is 0 Å². The number of primary amides is 1. The minimum atomic E-state index is -1.58. The number of nitrogens with zero attached hydrogens (tertiary/aromatic N) is 1. The molecular formula is C19H23N3O4. The fourth-order valence-electron chi connectivity index (χ4n) is 2.35. The molecule has 1 atom stereocenters. The Morgan fingerprint density at radius 1 is 1.54 bits per heavy atom. The highest BCUT2D eigenvalue weighted by Gasteiger charge is 2.36. The Labute approximate surface area is 153 Å². The lowest BCUT2D eigenvalue weighted by Crippen LogP contribution is -2.58. The second-order valence-corrected chi connectivity index (χ2v) is 5.69. The summed E-state index contributed by atoms with van der Waals surface area (Å²) >= 11 is 0. The van der Waals surface area contributed by atoms with E-state index in [0.717, 1.165) is 5.57 Å². The molecule has 0 aliphatic carbocycles. The number of hydrogen-bond donors (Lipinski definition) is 2. The van der Waals surface area contributed by atoms with Crippen molar-refractivity contribution >= 4 is 18.2 Å². The Bertz CT molecular complexity index is 740. The third-order valence-corrected chi connectivity index (χ3v) is 3.73. The highest BCUT2D eigenvalue weighted by molar-refractivity contribution is 5.97. The molecule has 3 amide bonds. The first-order valence-corrected chi connectivity index (χ1v) is 7.83. The fourth-order valence-corrected chi connectivity index (χ4v) is 2.35. The number of ether oxygens (including phenoxy) is 1. The Kier molecular flexibility index (Phi) is 7.41. The first kappa shape index (κ1) is 20.8. The van der Waals surface area contributed by atoms with E-state index >= 15 is 0 Å². The molecule has 7 heteroatoms. The van der Waals surface area contributed by atoms with E-state index in [4.69, 9.17) is 10.5 Å². The molecule has 1 aliphatic heterocycles. The molecule has 0 radical (unpaired) electrons. The number of nitrogens with two attached hydrogens (primary N) is 1. The van der Waals surface area contributed by atoms with Gasteiger partial charge in [-0.05, 0) is 18.6 Å². The van der Waals surface area contributed by atoms with Gasteiger partial charge in [0, 0.05) is 18.5 Å². The summed E-state index contributed by atoms with van der Waals surface area (Å²) in [4.78, 5) is 36.9. The zero-order valence-electron chi connectivity index (χ0n) is 15.0. The molecule has 0 saturated heterocycles. The van der Waals surface area contributed by atoms with Crippen LogP contribution in [-0.2, 0) is 14.3 Å². The Hall–Kier alpha value is -3.27. The molecular weight excluding hydrogens is 334 g/mol. The molecule has 7 nitrogen and oxygen atoms in total. The Morgan fingerprint density at radius 3 is 2.77 bits per heavy atom. The van der Waals surface area contributed by atoms with E-state index in [1.165, 1.54) is 12.0 Å². The zero-order chi connectivity index (χ0) is 19.7. The van der Waals surface area contributed by atoms with E-state index in [9.17, 15) is 14.4 Å². The van der Waals surface area contributed by atoms with E-state index in [2.05, 4.69) is 30.3 Å². The van der Waals surface area contributed by atoms with Crippen molar-refractivity contribution in [3.63, 3.8) is 0 Å². The highest BCUT2D eigenvalue weighted by atomic mass is 16.5. The number of rotatable bonds is 8. The summed E-state index contributed by atoms with van der Waals surface area (Å²) in [6, 6.07) is -0.905. The third kappa shape index (κ3) is 5.38. The average Bonchev–Trinajstić information content (AvgIpc) is 2.87. The topological polar surface area (TPSA) is 102 Å². The Morgan fingerprint density at radius 2 is 2.23 bits per heavy atom. The quantitative estimate of drug-likeness (QED) is 0.223. The summed E-state index contributed by atoms with van der Waals surface area (Å²) in [5.41, 5.74) is 4.88. The minimum absolute atomic E-state index is 0.123. The molecule has 1 heterocycles. The lowest BCUT2D eigenvalue weighted by molar-refractivity contribution is -0.126. The van der Waals surface area contributed by atoms with Crippen molar-refractivity contribution in [2.75, 3.05) is 20.2 Å². The molecule has 0 aromatic heterocycles. The smallest absolute Gasteiger partial charge is 0.313 e. The van der Waals surface area contributed by atoms with E-state index in [1.54, 1.807) is 25.2 Å². The number of carbonyl (C=O) groups excluding carboxylic acids is 3. The molecule has 0 saturated carbocycles. The van der Waals surface area contributed by atoms with Crippen LogP contribution in [-0.4, -0.2) is 48.9 Å². The van der Waals surface area contributed by atoms with Crippen molar-refractivity contribution in [3.8, 4) is 11.8 Å². The largest absolute Gasteiger partial charge is 0.497 e. The normalized spacial score (nSPS) is 15.9. The minimum Gasteiger partial charge on any atom is -0.497 e. The van der Waals surface area contributed by atoms with Gasteiger partial charge in [0.25, 0.3) is 0 Å². The highest BCUT2D eigenvalue weighted by Crippen LogP contribution is 2.22. The number of hydrogen-bond acceptors (Lipinski definition) is 4. The second kappa shape index (κ2) is 9.28. The summed E-state index contributed by atoms with van der Waals surface area (Å²) in [5.74, 6) is 5.61. The van der Waals surface area contributed by atoms with Gasteiger partial charge in [-0.15, -0.1) is 6.58 Å². The van der Waals surface area contributed by atoms with Gasteiger partial charge in [0.1, 0.15) is 5.76 Å². The first-order chi connectivity index (χ1) is 12.3. The summed E-state index contributed by atoms with van der Waals surface area (Å²) in [6.45, 7) is 9.05. The fraction of sp³-hybridized carbons (Fsp3) is 0.316. The van der Waals surface area contributed by atoms with Crippen LogP contribution in [0.15, 0.2) is 48.3 Å². The lowest BCUT2D eigenvalue weighted by atomic mass is 10.0. The number of carbonyl (C=O) groups is 3. The van der Waals surface area contributed by atoms with E-state index in [0.29, 0.717) is 24.0 Å². The van der Waals surface area contributed by atoms with Gasteiger partial charge in [0.2, 0.25) is 5.91 Å². The standard InChI is InChI=1S/C19H23N3O4/c1-5-6-7-10-19(13-23,21-18(20)25)12-22-11-16(15(3)17(22)24)9-8-14(2)26-4/h5,8-9,13H,1-2,6,11-12H2,3-4H3,(H3,20,21,25)/b9-8-/t19-/m1/s1. The van der Waals surface area contributed by atoms with Crippen LogP contribution in [0.25, 0.3) is 0 Å². The average molecular weight is 357 g/mol. The van der Waals surface area contributed by atoms with Crippen LogP contribution < -0.4 is 11.1 Å². The van der Waals surface area contributed by atoms with E-state index < -0.39 is 11.6 Å². The lowest BCUT2D eigenvalue weighted by Gasteiger charge is -2.28. The van der Waals surface area contributed by atoms with Crippen LogP contribution in [0, 0.1) is 11.8 Å². The van der Waals surface area contributed by atoms with Gasteiger partial charge in [0.15, 0.2) is 11.8 Å². The molecule has 0 fully saturated rings. The maximum atomic E-state index is 12.5. The van der Waals surface area contributed by atoms with Gasteiger partial charge in [0.05, 0.1) is 13.7 Å². The van der Waals surface area contributed by atoms with Crippen molar-refractivity contribution in [1.82, 2.24) is 10.2 Å². The third-order valence-electron chi connectivity index (χ3n) is 3.73. The molecule has 0 bridgehead atoms. The molecule has 0 aromatic rings. The van der Waals surface area contributed by atoms with Gasteiger partial charge in [-0.3, -0.25) is 9.59 Å². The number of amides is 3. The number of methoxy groups -OCH3 is 1. The molecule has 0 aromatic carbocycles. The monoisotopic (exact) mass is 357 g/mol. The number of urea groups is 1. The van der Waals surface area contributed by atoms with Crippen LogP contribution in [0.2, 0.25) is 0 Å². The summed E-state index contributed by atoms with van der Waals surface area (Å²) in [5, 5.41) is 2.34. The summed E-state index contributed by atoms with van der Waals surface area (Å²) < 4.78 is 4.96. The Balaban J connectivity index is 3.05. The van der Waals surface area contributed by atoms with Crippen LogP contribution in [0.1, 0.15) is 13.3 Å². The number of allylic oxidation sites excluding steroid dienone is 2. The predicted molar refractivity (Wildman–Crippen MR) is 98.7 cm³/mol.